The van der Waals surface area contributed by atoms with Gasteiger partial charge in [0.25, 0.3) is 5.91 Å². The summed E-state index contributed by atoms with van der Waals surface area (Å²) in [7, 11) is 0. The molecule has 4 rings (SSSR count). The van der Waals surface area contributed by atoms with Crippen molar-refractivity contribution in [1.82, 2.24) is 0 Å². The van der Waals surface area contributed by atoms with Crippen molar-refractivity contribution in [3.63, 3.8) is 0 Å². The number of hydrogen-bond acceptors (Lipinski definition) is 5. The molecule has 30 heavy (non-hydrogen) atoms. The van der Waals surface area contributed by atoms with Crippen molar-refractivity contribution in [3.05, 3.63) is 60.2 Å². The first-order valence-corrected chi connectivity index (χ1v) is 10.0. The van der Waals surface area contributed by atoms with Crippen molar-refractivity contribution in [2.75, 3.05) is 16.8 Å². The lowest BCUT2D eigenvalue weighted by Gasteiger charge is -2.19. The molecule has 1 aliphatic carbocycles. The fraction of sp³-hybridized carbons (Fsp3) is 0.304. The average Bonchev–Trinajstić information content (AvgIpc) is 3.03. The van der Waals surface area contributed by atoms with Crippen molar-refractivity contribution in [2.24, 2.45) is 11.8 Å². The number of nitrogens with zero attached hydrogens (tertiary/aromatic N) is 1. The first-order valence-electron chi connectivity index (χ1n) is 10.0. The van der Waals surface area contributed by atoms with Gasteiger partial charge >= 0.3 is 5.97 Å². The maximum atomic E-state index is 12.8. The first kappa shape index (κ1) is 19.8. The van der Waals surface area contributed by atoms with Gasteiger partial charge in [0.2, 0.25) is 11.8 Å². The molecule has 7 heteroatoms. The third-order valence-corrected chi connectivity index (χ3v) is 5.57. The number of imide groups is 1. The van der Waals surface area contributed by atoms with E-state index in [9.17, 15) is 19.2 Å². The molecule has 1 saturated heterocycles. The fourth-order valence-corrected chi connectivity index (χ4v) is 4.12. The molecule has 2 fully saturated rings. The molecule has 1 N–H and O–H groups in total. The maximum Gasteiger partial charge on any atom is 0.338 e. The van der Waals surface area contributed by atoms with Crippen LogP contribution >= 0.6 is 0 Å². The highest BCUT2D eigenvalue weighted by molar-refractivity contribution is 6.22. The van der Waals surface area contributed by atoms with Gasteiger partial charge in [0, 0.05) is 5.69 Å². The second kappa shape index (κ2) is 8.49. The summed E-state index contributed by atoms with van der Waals surface area (Å²) >= 11 is 0. The van der Waals surface area contributed by atoms with Crippen LogP contribution in [0, 0.1) is 11.8 Å². The lowest BCUT2D eigenvalue weighted by molar-refractivity contribution is -0.122. The topological polar surface area (TPSA) is 92.8 Å². The van der Waals surface area contributed by atoms with E-state index in [0.29, 0.717) is 11.4 Å². The maximum absolute atomic E-state index is 12.8. The molecule has 2 aliphatic rings. The number of hydrogen-bond donors (Lipinski definition) is 1. The van der Waals surface area contributed by atoms with E-state index < -0.39 is 18.5 Å². The van der Waals surface area contributed by atoms with Gasteiger partial charge in [-0.15, -0.1) is 0 Å². The zero-order valence-corrected chi connectivity index (χ0v) is 16.4. The molecule has 0 bridgehead atoms. The first-order chi connectivity index (χ1) is 14.5. The van der Waals surface area contributed by atoms with Gasteiger partial charge in [0.15, 0.2) is 6.61 Å². The normalized spacial score (nSPS) is 20.6. The standard InChI is InChI=1S/C23H22N2O5/c26-20(24-16-8-2-1-3-9-16)14-30-23(29)15-7-6-10-17(13-15)25-21(27)18-11-4-5-12-19(18)22(25)28/h1-3,6-10,13,18-19H,4-5,11-12,14H2,(H,24,26)/t18-,19-/m0/s1. The minimum absolute atomic E-state index is 0.176. The van der Waals surface area contributed by atoms with Crippen molar-refractivity contribution in [1.29, 1.82) is 0 Å². The van der Waals surface area contributed by atoms with Gasteiger partial charge in [-0.2, -0.15) is 0 Å². The number of nitrogens with one attached hydrogen (secondary N) is 1. The Morgan fingerprint density at radius 1 is 0.933 bits per heavy atom. The number of rotatable bonds is 5. The number of esters is 1. The molecule has 154 valence electrons. The van der Waals surface area contributed by atoms with Crippen LogP contribution in [0.1, 0.15) is 36.0 Å². The van der Waals surface area contributed by atoms with Crippen molar-refractivity contribution >= 4 is 35.1 Å². The van der Waals surface area contributed by atoms with E-state index in [0.717, 1.165) is 25.7 Å². The lowest BCUT2D eigenvalue weighted by atomic mass is 9.81. The highest BCUT2D eigenvalue weighted by atomic mass is 16.5. The van der Waals surface area contributed by atoms with Crippen LogP contribution in [0.4, 0.5) is 11.4 Å². The monoisotopic (exact) mass is 406 g/mol. The second-order valence-corrected chi connectivity index (χ2v) is 7.55. The summed E-state index contributed by atoms with van der Waals surface area (Å²) in [5.74, 6) is -2.07. The largest absolute Gasteiger partial charge is 0.452 e. The number of benzene rings is 2. The Labute approximate surface area is 174 Å². The highest BCUT2D eigenvalue weighted by Crippen LogP contribution is 2.40. The molecule has 0 aromatic heterocycles. The van der Waals surface area contributed by atoms with E-state index >= 15 is 0 Å². The number of carbonyl (C=O) groups is 4. The summed E-state index contributed by atoms with van der Waals surface area (Å²) in [5.41, 5.74) is 1.14. The zero-order chi connectivity index (χ0) is 21.1. The summed E-state index contributed by atoms with van der Waals surface area (Å²) in [6, 6.07) is 15.1. The van der Waals surface area contributed by atoms with Gasteiger partial charge in [-0.05, 0) is 43.2 Å². The Hall–Kier alpha value is -3.48. The van der Waals surface area contributed by atoms with Crippen LogP contribution in [-0.2, 0) is 19.1 Å². The average molecular weight is 406 g/mol. The van der Waals surface area contributed by atoms with Gasteiger partial charge < -0.3 is 10.1 Å². The summed E-state index contributed by atoms with van der Waals surface area (Å²) in [6.45, 7) is -0.441. The van der Waals surface area contributed by atoms with Crippen LogP contribution in [0.3, 0.4) is 0 Å². The lowest BCUT2D eigenvalue weighted by Crippen LogP contribution is -2.31. The molecule has 7 nitrogen and oxygen atoms in total. The number of fused-ring (bicyclic) bond motifs is 1. The minimum atomic E-state index is -0.698. The molecule has 2 atom stereocenters. The number of ether oxygens (including phenoxy) is 1. The van der Waals surface area contributed by atoms with E-state index in [1.165, 1.54) is 17.0 Å². The Kier molecular flexibility index (Phi) is 5.61. The van der Waals surface area contributed by atoms with E-state index in [4.69, 9.17) is 4.74 Å². The van der Waals surface area contributed by atoms with E-state index in [1.807, 2.05) is 6.07 Å². The predicted molar refractivity (Wildman–Crippen MR) is 110 cm³/mol. The van der Waals surface area contributed by atoms with E-state index in [-0.39, 0.29) is 29.2 Å². The third-order valence-electron chi connectivity index (χ3n) is 5.57. The summed E-state index contributed by atoms with van der Waals surface area (Å²) in [5, 5.41) is 2.63. The van der Waals surface area contributed by atoms with Gasteiger partial charge in [0.1, 0.15) is 0 Å². The molecule has 3 amide bonds. The van der Waals surface area contributed by atoms with Crippen molar-refractivity contribution < 1.29 is 23.9 Å². The molecule has 1 heterocycles. The van der Waals surface area contributed by atoms with E-state index in [1.54, 1.807) is 36.4 Å². The van der Waals surface area contributed by atoms with Crippen molar-refractivity contribution in [3.8, 4) is 0 Å². The molecule has 0 unspecified atom stereocenters. The number of para-hydroxylation sites is 1. The molecule has 2 aromatic carbocycles. The Morgan fingerprint density at radius 2 is 1.60 bits per heavy atom. The molecule has 0 radical (unpaired) electrons. The molecule has 1 aliphatic heterocycles. The minimum Gasteiger partial charge on any atom is -0.452 e. The van der Waals surface area contributed by atoms with Gasteiger partial charge in [-0.25, -0.2) is 4.79 Å². The van der Waals surface area contributed by atoms with Gasteiger partial charge in [0.05, 0.1) is 23.1 Å². The van der Waals surface area contributed by atoms with Crippen LogP contribution in [0.5, 0.6) is 0 Å². The molecule has 2 aromatic rings. The van der Waals surface area contributed by atoms with Crippen LogP contribution in [-0.4, -0.2) is 30.3 Å². The van der Waals surface area contributed by atoms with Crippen molar-refractivity contribution in [2.45, 2.75) is 25.7 Å². The SMILES string of the molecule is O=C(COC(=O)c1cccc(N2C(=O)[C@H]3CCCC[C@@H]3C2=O)c1)Nc1ccccc1. The highest BCUT2D eigenvalue weighted by Gasteiger charge is 2.48. The van der Waals surface area contributed by atoms with Crippen LogP contribution in [0.15, 0.2) is 54.6 Å². The summed E-state index contributed by atoms with van der Waals surface area (Å²) in [6.07, 6.45) is 3.35. The molecule has 1 saturated carbocycles. The number of anilines is 2. The second-order valence-electron chi connectivity index (χ2n) is 7.55. The zero-order valence-electron chi connectivity index (χ0n) is 16.4. The smallest absolute Gasteiger partial charge is 0.338 e. The molecular weight excluding hydrogens is 384 g/mol. The molecular formula is C23H22N2O5. The quantitative estimate of drug-likeness (QED) is 0.608. The number of carbonyl (C=O) groups excluding carboxylic acids is 4. The third kappa shape index (κ3) is 3.96. The summed E-state index contributed by atoms with van der Waals surface area (Å²) < 4.78 is 5.09. The van der Waals surface area contributed by atoms with Crippen LogP contribution in [0.25, 0.3) is 0 Å². The van der Waals surface area contributed by atoms with E-state index in [2.05, 4.69) is 5.32 Å². The number of amides is 3. The van der Waals surface area contributed by atoms with Crippen LogP contribution < -0.4 is 10.2 Å². The van der Waals surface area contributed by atoms with Gasteiger partial charge in [-0.3, -0.25) is 19.3 Å². The van der Waals surface area contributed by atoms with Crippen LogP contribution in [0.2, 0.25) is 0 Å². The Bertz CT molecular complexity index is 964. The predicted octanol–water partition coefficient (Wildman–Crippen LogP) is 3.16. The molecule has 0 spiro atoms. The Balaban J connectivity index is 1.42. The Morgan fingerprint density at radius 3 is 2.27 bits per heavy atom. The van der Waals surface area contributed by atoms with Gasteiger partial charge in [-0.1, -0.05) is 37.1 Å². The fourth-order valence-electron chi connectivity index (χ4n) is 4.12. The summed E-state index contributed by atoms with van der Waals surface area (Å²) in [4.78, 5) is 51.1.